The summed E-state index contributed by atoms with van der Waals surface area (Å²) in [4.78, 5) is 4.35. The van der Waals surface area contributed by atoms with Gasteiger partial charge in [-0.1, -0.05) is 0 Å². The second-order valence-corrected chi connectivity index (χ2v) is 7.01. The van der Waals surface area contributed by atoms with Crippen LogP contribution in [-0.2, 0) is 34.3 Å². The molecule has 0 amide bonds. The second kappa shape index (κ2) is 7.82. The molecule has 132 valence electrons. The van der Waals surface area contributed by atoms with E-state index in [1.165, 1.54) is 19.1 Å². The van der Waals surface area contributed by atoms with E-state index in [0.717, 1.165) is 6.07 Å². The number of aryl methyl sites for hydroxylation is 2. The van der Waals surface area contributed by atoms with E-state index in [0.29, 0.717) is 31.2 Å². The first kappa shape index (κ1) is 18.5. The zero-order valence-corrected chi connectivity index (χ0v) is 14.7. The summed E-state index contributed by atoms with van der Waals surface area (Å²) in [7, 11) is -2.16. The molecule has 0 aliphatic rings. The van der Waals surface area contributed by atoms with E-state index in [-0.39, 0.29) is 17.0 Å². The van der Waals surface area contributed by atoms with Crippen LogP contribution in [0.15, 0.2) is 23.1 Å². The highest BCUT2D eigenvalue weighted by Gasteiger charge is 2.17. The second-order valence-electron chi connectivity index (χ2n) is 5.24. The number of nitrogens with one attached hydrogen (secondary N) is 1. The van der Waals surface area contributed by atoms with Crippen molar-refractivity contribution in [3.8, 4) is 0 Å². The van der Waals surface area contributed by atoms with Crippen LogP contribution in [0.4, 0.5) is 4.39 Å². The Bertz CT molecular complexity index is 805. The van der Waals surface area contributed by atoms with Crippen molar-refractivity contribution < 1.29 is 17.5 Å². The maximum atomic E-state index is 13.3. The molecule has 0 bridgehead atoms. The van der Waals surface area contributed by atoms with E-state index in [1.54, 1.807) is 11.8 Å². The maximum Gasteiger partial charge on any atom is 0.240 e. The molecular weight excluding hydrogens is 335 g/mol. The molecule has 0 atom stereocenters. The van der Waals surface area contributed by atoms with Crippen molar-refractivity contribution in [1.82, 2.24) is 19.5 Å². The topological polar surface area (TPSA) is 86.1 Å². The molecule has 1 aromatic heterocycles. The Hall–Kier alpha value is -1.84. The molecule has 9 heteroatoms. The fourth-order valence-corrected chi connectivity index (χ4v) is 3.20. The highest BCUT2D eigenvalue weighted by atomic mass is 32.2. The lowest BCUT2D eigenvalue weighted by Crippen LogP contribution is -2.25. The Labute approximate surface area is 140 Å². The smallest absolute Gasteiger partial charge is 0.240 e. The normalized spacial score (nSPS) is 11.8. The van der Waals surface area contributed by atoms with E-state index in [2.05, 4.69) is 14.8 Å². The summed E-state index contributed by atoms with van der Waals surface area (Å²) in [6.45, 7) is 4.49. The van der Waals surface area contributed by atoms with Crippen molar-refractivity contribution in [2.24, 2.45) is 0 Å². The summed E-state index contributed by atoms with van der Waals surface area (Å²) < 4.78 is 47.1. The summed E-state index contributed by atoms with van der Waals surface area (Å²) in [5, 5.41) is 4.31. The van der Waals surface area contributed by atoms with Crippen molar-refractivity contribution in [3.05, 3.63) is 41.2 Å². The number of halogens is 1. The number of methoxy groups -OCH3 is 1. The van der Waals surface area contributed by atoms with Crippen LogP contribution in [0, 0.1) is 12.7 Å². The Morgan fingerprint density at radius 3 is 2.75 bits per heavy atom. The first-order chi connectivity index (χ1) is 11.4. The van der Waals surface area contributed by atoms with Crippen molar-refractivity contribution in [1.29, 1.82) is 0 Å². The quantitative estimate of drug-likeness (QED) is 0.773. The number of rotatable bonds is 8. The van der Waals surface area contributed by atoms with Crippen LogP contribution in [-0.4, -0.2) is 36.9 Å². The van der Waals surface area contributed by atoms with Gasteiger partial charge in [0.25, 0.3) is 0 Å². The zero-order chi connectivity index (χ0) is 17.7. The molecule has 0 aliphatic heterocycles. The first-order valence-corrected chi connectivity index (χ1v) is 9.03. The first-order valence-electron chi connectivity index (χ1n) is 7.54. The van der Waals surface area contributed by atoms with Gasteiger partial charge in [-0.3, -0.25) is 0 Å². The summed E-state index contributed by atoms with van der Waals surface area (Å²) in [5.74, 6) is 0.680. The number of aromatic nitrogens is 3. The van der Waals surface area contributed by atoms with E-state index in [9.17, 15) is 12.8 Å². The van der Waals surface area contributed by atoms with Gasteiger partial charge in [-0.2, -0.15) is 5.10 Å². The maximum absolute atomic E-state index is 13.3. The molecule has 0 spiro atoms. The van der Waals surface area contributed by atoms with Crippen LogP contribution < -0.4 is 4.72 Å². The minimum absolute atomic E-state index is 0.00653. The standard InChI is InChI=1S/C15H21FN4O3S/c1-4-20-15(18-14(19-20)7-8-23-3)10-17-24(21,22)12-5-6-13(16)11(2)9-12/h5-6,9,17H,4,7-8,10H2,1-3H3. The highest BCUT2D eigenvalue weighted by molar-refractivity contribution is 7.89. The molecule has 2 rings (SSSR count). The summed E-state index contributed by atoms with van der Waals surface area (Å²) in [6.07, 6.45) is 0.556. The lowest BCUT2D eigenvalue weighted by Gasteiger charge is -2.08. The van der Waals surface area contributed by atoms with E-state index in [4.69, 9.17) is 4.74 Å². The van der Waals surface area contributed by atoms with Gasteiger partial charge in [-0.25, -0.2) is 27.2 Å². The summed E-state index contributed by atoms with van der Waals surface area (Å²) in [5.41, 5.74) is 0.274. The number of nitrogens with zero attached hydrogens (tertiary/aromatic N) is 3. The Morgan fingerprint density at radius 2 is 2.12 bits per heavy atom. The van der Waals surface area contributed by atoms with Crippen LogP contribution in [0.25, 0.3) is 0 Å². The fourth-order valence-electron chi connectivity index (χ4n) is 2.14. The average molecular weight is 356 g/mol. The molecule has 0 aliphatic carbocycles. The van der Waals surface area contributed by atoms with Gasteiger partial charge < -0.3 is 4.74 Å². The van der Waals surface area contributed by atoms with Gasteiger partial charge in [0.15, 0.2) is 5.82 Å². The van der Waals surface area contributed by atoms with Crippen LogP contribution >= 0.6 is 0 Å². The van der Waals surface area contributed by atoms with Gasteiger partial charge in [-0.15, -0.1) is 0 Å². The number of benzene rings is 1. The minimum Gasteiger partial charge on any atom is -0.384 e. The van der Waals surface area contributed by atoms with Gasteiger partial charge in [0.05, 0.1) is 18.0 Å². The van der Waals surface area contributed by atoms with Crippen LogP contribution in [0.3, 0.4) is 0 Å². The van der Waals surface area contributed by atoms with Crippen molar-refractivity contribution in [2.45, 2.75) is 38.3 Å². The number of sulfonamides is 1. The molecule has 0 saturated heterocycles. The van der Waals surface area contributed by atoms with Gasteiger partial charge in [0, 0.05) is 20.1 Å². The Morgan fingerprint density at radius 1 is 1.38 bits per heavy atom. The predicted molar refractivity (Wildman–Crippen MR) is 86.4 cm³/mol. The van der Waals surface area contributed by atoms with Crippen molar-refractivity contribution >= 4 is 10.0 Å². The molecule has 24 heavy (non-hydrogen) atoms. The Balaban J connectivity index is 2.13. The fraction of sp³-hybridized carbons (Fsp3) is 0.467. The molecular formula is C15H21FN4O3S. The molecule has 0 unspecified atom stereocenters. The van der Waals surface area contributed by atoms with Crippen molar-refractivity contribution in [3.63, 3.8) is 0 Å². The number of ether oxygens (including phenoxy) is 1. The van der Waals surface area contributed by atoms with Gasteiger partial charge in [0.1, 0.15) is 11.6 Å². The number of hydrogen-bond acceptors (Lipinski definition) is 5. The molecule has 7 nitrogen and oxygen atoms in total. The van der Waals surface area contributed by atoms with Crippen molar-refractivity contribution in [2.75, 3.05) is 13.7 Å². The monoisotopic (exact) mass is 356 g/mol. The van der Waals surface area contributed by atoms with Crippen LogP contribution in [0.5, 0.6) is 0 Å². The molecule has 0 radical (unpaired) electrons. The van der Waals surface area contributed by atoms with Crippen LogP contribution in [0.2, 0.25) is 0 Å². The third kappa shape index (κ3) is 4.37. The van der Waals surface area contributed by atoms with Gasteiger partial charge >= 0.3 is 0 Å². The molecule has 0 fully saturated rings. The average Bonchev–Trinajstić information content (AvgIpc) is 2.96. The third-order valence-electron chi connectivity index (χ3n) is 3.48. The third-order valence-corrected chi connectivity index (χ3v) is 4.88. The number of hydrogen-bond donors (Lipinski definition) is 1. The van der Waals surface area contributed by atoms with Crippen LogP contribution in [0.1, 0.15) is 24.1 Å². The highest BCUT2D eigenvalue weighted by Crippen LogP contribution is 2.14. The van der Waals surface area contributed by atoms with Gasteiger partial charge in [0.2, 0.25) is 10.0 Å². The lowest BCUT2D eigenvalue weighted by atomic mass is 10.2. The zero-order valence-electron chi connectivity index (χ0n) is 13.9. The summed E-state index contributed by atoms with van der Waals surface area (Å²) >= 11 is 0. The van der Waals surface area contributed by atoms with Gasteiger partial charge in [-0.05, 0) is 37.6 Å². The van der Waals surface area contributed by atoms with E-state index < -0.39 is 15.8 Å². The predicted octanol–water partition coefficient (Wildman–Crippen LogP) is 1.41. The summed E-state index contributed by atoms with van der Waals surface area (Å²) in [6, 6.07) is 3.67. The molecule has 1 aromatic carbocycles. The SMILES string of the molecule is CCn1nc(CCOC)nc1CNS(=O)(=O)c1ccc(F)c(C)c1. The molecule has 0 saturated carbocycles. The Kier molecular flexibility index (Phi) is 6.03. The van der Waals surface area contributed by atoms with E-state index in [1.807, 2.05) is 6.92 Å². The lowest BCUT2D eigenvalue weighted by molar-refractivity contribution is 0.200. The van der Waals surface area contributed by atoms with E-state index >= 15 is 0 Å². The molecule has 1 heterocycles. The molecule has 2 aromatic rings. The molecule has 1 N–H and O–H groups in total. The largest absolute Gasteiger partial charge is 0.384 e. The minimum atomic E-state index is -3.75.